The topological polar surface area (TPSA) is 36.9 Å². The van der Waals surface area contributed by atoms with Crippen LogP contribution in [0.4, 0.5) is 0 Å². The molecule has 0 aliphatic carbocycles. The van der Waals surface area contributed by atoms with Gasteiger partial charge in [-0.1, -0.05) is 82.3 Å². The van der Waals surface area contributed by atoms with E-state index in [0.717, 1.165) is 0 Å². The summed E-state index contributed by atoms with van der Waals surface area (Å²) >= 11 is 0. The maximum absolute atomic E-state index is 6.68. The minimum atomic E-state index is -2.16. The molecule has 166 valence electrons. The maximum atomic E-state index is 6.68. The summed E-state index contributed by atoms with van der Waals surface area (Å²) in [5, 5.41) is 1.36. The van der Waals surface area contributed by atoms with Gasteiger partial charge in [-0.25, -0.2) is 0 Å². The lowest BCUT2D eigenvalue weighted by atomic mass is 10.1. The Kier molecular flexibility index (Phi) is 10.8. The Morgan fingerprint density at radius 2 is 1.13 bits per heavy atom. The van der Waals surface area contributed by atoms with Gasteiger partial charge in [0, 0.05) is 7.11 Å². The van der Waals surface area contributed by atoms with Crippen LogP contribution < -0.4 is 5.19 Å². The average molecular weight is 431 g/mol. The molecule has 0 aliphatic rings. The molecule has 4 nitrogen and oxygen atoms in total. The summed E-state index contributed by atoms with van der Waals surface area (Å²) in [5.74, 6) is 0. The monoisotopic (exact) mass is 430 g/mol. The SMILES string of the molecule is COCCOCCOCCO[Si](c1ccc(-c2ccccc2)cc1)(C(C)C)C(C)C. The van der Waals surface area contributed by atoms with Gasteiger partial charge in [0.2, 0.25) is 8.32 Å². The van der Waals surface area contributed by atoms with Crippen molar-refractivity contribution < 1.29 is 18.6 Å². The van der Waals surface area contributed by atoms with E-state index in [2.05, 4.69) is 82.3 Å². The molecule has 0 saturated carbocycles. The van der Waals surface area contributed by atoms with Gasteiger partial charge in [-0.2, -0.15) is 0 Å². The molecule has 0 aliphatic heterocycles. The van der Waals surface area contributed by atoms with Crippen LogP contribution in [0.1, 0.15) is 27.7 Å². The maximum Gasteiger partial charge on any atom is 0.229 e. The summed E-state index contributed by atoms with van der Waals surface area (Å²) in [7, 11) is -0.491. The molecule has 0 heterocycles. The van der Waals surface area contributed by atoms with Crippen LogP contribution in [0.25, 0.3) is 11.1 Å². The first-order valence-corrected chi connectivity index (χ1v) is 13.0. The van der Waals surface area contributed by atoms with Gasteiger partial charge in [0.25, 0.3) is 0 Å². The van der Waals surface area contributed by atoms with Gasteiger partial charge < -0.3 is 18.6 Å². The minimum Gasteiger partial charge on any atom is -0.410 e. The Balaban J connectivity index is 1.99. The molecule has 0 bridgehead atoms. The molecular weight excluding hydrogens is 392 g/mol. The zero-order valence-corrected chi connectivity index (χ0v) is 20.2. The second-order valence-corrected chi connectivity index (χ2v) is 12.9. The van der Waals surface area contributed by atoms with Crippen LogP contribution in [0.15, 0.2) is 54.6 Å². The first-order valence-electron chi connectivity index (χ1n) is 11.0. The molecule has 0 radical (unpaired) electrons. The second-order valence-electron chi connectivity index (χ2n) is 8.11. The zero-order valence-electron chi connectivity index (χ0n) is 19.2. The molecule has 0 atom stereocenters. The van der Waals surface area contributed by atoms with Gasteiger partial charge >= 0.3 is 0 Å². The molecule has 0 N–H and O–H groups in total. The molecular formula is C25H38O4Si. The van der Waals surface area contributed by atoms with Crippen molar-refractivity contribution in [2.45, 2.75) is 38.8 Å². The van der Waals surface area contributed by atoms with Crippen molar-refractivity contribution in [3.63, 3.8) is 0 Å². The molecule has 0 amide bonds. The van der Waals surface area contributed by atoms with E-state index >= 15 is 0 Å². The van der Waals surface area contributed by atoms with Gasteiger partial charge in [0.15, 0.2) is 0 Å². The van der Waals surface area contributed by atoms with E-state index in [0.29, 0.717) is 50.7 Å². The highest BCUT2D eigenvalue weighted by Crippen LogP contribution is 2.33. The Morgan fingerprint density at radius 3 is 1.67 bits per heavy atom. The van der Waals surface area contributed by atoms with Crippen LogP contribution in [0, 0.1) is 0 Å². The van der Waals surface area contributed by atoms with Gasteiger partial charge in [-0.15, -0.1) is 0 Å². The third kappa shape index (κ3) is 6.76. The molecule has 0 spiro atoms. The van der Waals surface area contributed by atoms with Crippen molar-refractivity contribution in [1.82, 2.24) is 0 Å². The van der Waals surface area contributed by atoms with E-state index in [-0.39, 0.29) is 0 Å². The summed E-state index contributed by atoms with van der Waals surface area (Å²) in [4.78, 5) is 0. The predicted octanol–water partition coefficient (Wildman–Crippen LogP) is 5.02. The van der Waals surface area contributed by atoms with Crippen LogP contribution in [0.3, 0.4) is 0 Å². The second kappa shape index (κ2) is 13.0. The Labute approximate surface area is 183 Å². The minimum absolute atomic E-state index is 0.470. The Hall–Kier alpha value is -1.50. The van der Waals surface area contributed by atoms with Gasteiger partial charge in [0.1, 0.15) is 0 Å². The van der Waals surface area contributed by atoms with Crippen molar-refractivity contribution in [1.29, 1.82) is 0 Å². The largest absolute Gasteiger partial charge is 0.410 e. The summed E-state index contributed by atoms with van der Waals surface area (Å²) in [5.41, 5.74) is 3.42. The van der Waals surface area contributed by atoms with Gasteiger partial charge in [-0.3, -0.25) is 0 Å². The highest BCUT2D eigenvalue weighted by Gasteiger charge is 2.43. The first-order chi connectivity index (χ1) is 14.5. The van der Waals surface area contributed by atoms with Crippen LogP contribution in [-0.4, -0.2) is 55.1 Å². The lowest BCUT2D eigenvalue weighted by molar-refractivity contribution is 0.0170. The third-order valence-electron chi connectivity index (χ3n) is 5.53. The summed E-state index contributed by atoms with van der Waals surface area (Å²) in [6.07, 6.45) is 0. The number of hydrogen-bond acceptors (Lipinski definition) is 4. The van der Waals surface area contributed by atoms with Crippen molar-refractivity contribution in [2.24, 2.45) is 0 Å². The lowest BCUT2D eigenvalue weighted by Gasteiger charge is -2.39. The van der Waals surface area contributed by atoms with E-state index in [1.165, 1.54) is 16.3 Å². The van der Waals surface area contributed by atoms with E-state index < -0.39 is 8.32 Å². The van der Waals surface area contributed by atoms with E-state index in [1.54, 1.807) is 7.11 Å². The van der Waals surface area contributed by atoms with Crippen LogP contribution in [-0.2, 0) is 18.6 Å². The fraction of sp³-hybridized carbons (Fsp3) is 0.520. The number of rotatable bonds is 14. The highest BCUT2D eigenvalue weighted by atomic mass is 28.4. The van der Waals surface area contributed by atoms with Crippen molar-refractivity contribution in [2.75, 3.05) is 46.8 Å². The molecule has 0 saturated heterocycles. The quantitative estimate of drug-likeness (QED) is 0.311. The standard InChI is InChI=1S/C25H38O4Si/c1-21(2)30(22(3)4,29-20-19-28-18-17-27-16-15-26-5)25-13-11-24(12-14-25)23-9-7-6-8-10-23/h6-14,21-22H,15-20H2,1-5H3. The molecule has 30 heavy (non-hydrogen) atoms. The smallest absolute Gasteiger partial charge is 0.229 e. The first kappa shape index (κ1) is 24.8. The number of benzene rings is 2. The van der Waals surface area contributed by atoms with Crippen LogP contribution in [0.5, 0.6) is 0 Å². The number of methoxy groups -OCH3 is 1. The average Bonchev–Trinajstić information content (AvgIpc) is 2.75. The van der Waals surface area contributed by atoms with Gasteiger partial charge in [0.05, 0.1) is 39.6 Å². The highest BCUT2D eigenvalue weighted by molar-refractivity contribution is 6.88. The predicted molar refractivity (Wildman–Crippen MR) is 127 cm³/mol. The van der Waals surface area contributed by atoms with Gasteiger partial charge in [-0.05, 0) is 27.4 Å². The lowest BCUT2D eigenvalue weighted by Crippen LogP contribution is -2.56. The Morgan fingerprint density at radius 1 is 0.633 bits per heavy atom. The fourth-order valence-electron chi connectivity index (χ4n) is 4.04. The van der Waals surface area contributed by atoms with Crippen molar-refractivity contribution >= 4 is 13.5 Å². The molecule has 0 unspecified atom stereocenters. The molecule has 0 aromatic heterocycles. The number of hydrogen-bond donors (Lipinski definition) is 0. The molecule has 2 rings (SSSR count). The summed E-state index contributed by atoms with van der Waals surface area (Å²) < 4.78 is 22.8. The molecule has 0 fully saturated rings. The molecule has 2 aromatic carbocycles. The van der Waals surface area contributed by atoms with E-state index in [4.69, 9.17) is 18.6 Å². The molecule has 5 heteroatoms. The molecule has 2 aromatic rings. The summed E-state index contributed by atoms with van der Waals surface area (Å²) in [6.45, 7) is 12.8. The summed E-state index contributed by atoms with van der Waals surface area (Å²) in [6, 6.07) is 19.5. The van der Waals surface area contributed by atoms with Crippen molar-refractivity contribution in [3.05, 3.63) is 54.6 Å². The van der Waals surface area contributed by atoms with E-state index in [1.807, 2.05) is 0 Å². The number of ether oxygens (including phenoxy) is 3. The normalized spacial score (nSPS) is 12.1. The van der Waals surface area contributed by atoms with Crippen LogP contribution >= 0.6 is 0 Å². The fourth-order valence-corrected chi connectivity index (χ4v) is 8.65. The van der Waals surface area contributed by atoms with Crippen molar-refractivity contribution in [3.8, 4) is 11.1 Å². The van der Waals surface area contributed by atoms with Crippen LogP contribution in [0.2, 0.25) is 11.1 Å². The Bertz CT molecular complexity index is 693. The zero-order chi connectivity index (χ0) is 21.8. The van der Waals surface area contributed by atoms with E-state index in [9.17, 15) is 0 Å². The third-order valence-corrected chi connectivity index (χ3v) is 10.9.